The third-order valence-corrected chi connectivity index (χ3v) is 3.28. The molecular formula is C16H13ClF3NO2. The molecule has 0 heterocycles. The van der Waals surface area contributed by atoms with Gasteiger partial charge < -0.3 is 10.1 Å². The van der Waals surface area contributed by atoms with Gasteiger partial charge in [-0.25, -0.2) is 0 Å². The number of hydrogen-bond acceptors (Lipinski definition) is 2. The Kier molecular flexibility index (Phi) is 5.15. The van der Waals surface area contributed by atoms with Crippen molar-refractivity contribution in [1.82, 2.24) is 0 Å². The van der Waals surface area contributed by atoms with E-state index in [1.54, 1.807) is 24.3 Å². The van der Waals surface area contributed by atoms with Gasteiger partial charge in [0.05, 0.1) is 10.6 Å². The predicted molar refractivity (Wildman–Crippen MR) is 81.6 cm³/mol. The first-order valence-corrected chi connectivity index (χ1v) is 7.04. The maximum Gasteiger partial charge on any atom is 0.416 e. The van der Waals surface area contributed by atoms with E-state index in [0.29, 0.717) is 10.8 Å². The Hall–Kier alpha value is -2.21. The van der Waals surface area contributed by atoms with Crippen LogP contribution in [0.4, 0.5) is 18.9 Å². The standard InChI is InChI=1S/C16H13ClF3NO2/c1-10(23-14-8-3-2-7-13(14)17)15(22)21-12-6-4-5-11(9-12)16(18,19)20/h2-10H,1H3,(H,21,22)/t10-/m1/s1. The zero-order valence-corrected chi connectivity index (χ0v) is 12.8. The molecule has 1 atom stereocenters. The highest BCUT2D eigenvalue weighted by Gasteiger charge is 2.30. The topological polar surface area (TPSA) is 38.3 Å². The molecule has 3 nitrogen and oxygen atoms in total. The number of nitrogens with one attached hydrogen (secondary N) is 1. The second kappa shape index (κ2) is 6.91. The molecule has 0 saturated heterocycles. The first kappa shape index (κ1) is 17.1. The molecule has 23 heavy (non-hydrogen) atoms. The fourth-order valence-electron chi connectivity index (χ4n) is 1.80. The highest BCUT2D eigenvalue weighted by atomic mass is 35.5. The molecule has 1 amide bonds. The molecule has 0 saturated carbocycles. The molecule has 7 heteroatoms. The van der Waals surface area contributed by atoms with Gasteiger partial charge in [0.25, 0.3) is 5.91 Å². The number of carbonyl (C=O) groups excluding carboxylic acids is 1. The van der Waals surface area contributed by atoms with Gasteiger partial charge in [-0.05, 0) is 37.3 Å². The summed E-state index contributed by atoms with van der Waals surface area (Å²) in [6, 6.07) is 11.0. The van der Waals surface area contributed by atoms with Crippen molar-refractivity contribution in [2.45, 2.75) is 19.2 Å². The molecule has 122 valence electrons. The molecule has 2 aromatic carbocycles. The van der Waals surface area contributed by atoms with Crippen molar-refractivity contribution in [3.8, 4) is 5.75 Å². The Balaban J connectivity index is 2.06. The number of para-hydroxylation sites is 1. The predicted octanol–water partition coefficient (Wildman–Crippen LogP) is 4.76. The van der Waals surface area contributed by atoms with Crippen LogP contribution in [-0.2, 0) is 11.0 Å². The van der Waals surface area contributed by atoms with E-state index < -0.39 is 23.8 Å². The lowest BCUT2D eigenvalue weighted by Gasteiger charge is -2.16. The van der Waals surface area contributed by atoms with E-state index in [4.69, 9.17) is 16.3 Å². The number of amides is 1. The Labute approximate surface area is 136 Å². The second-order valence-electron chi connectivity index (χ2n) is 4.76. The summed E-state index contributed by atoms with van der Waals surface area (Å²) < 4.78 is 43.3. The average Bonchev–Trinajstić information content (AvgIpc) is 2.49. The minimum Gasteiger partial charge on any atom is -0.479 e. The summed E-state index contributed by atoms with van der Waals surface area (Å²) in [5, 5.41) is 2.73. The quantitative estimate of drug-likeness (QED) is 0.868. The molecule has 0 unspecified atom stereocenters. The van der Waals surface area contributed by atoms with Gasteiger partial charge in [-0.2, -0.15) is 13.2 Å². The molecule has 2 rings (SSSR count). The molecule has 0 radical (unpaired) electrons. The summed E-state index contributed by atoms with van der Waals surface area (Å²) >= 11 is 5.92. The largest absolute Gasteiger partial charge is 0.479 e. The van der Waals surface area contributed by atoms with Crippen LogP contribution in [0.3, 0.4) is 0 Å². The lowest BCUT2D eigenvalue weighted by Crippen LogP contribution is -2.30. The maximum atomic E-state index is 12.6. The lowest BCUT2D eigenvalue weighted by atomic mass is 10.2. The Morgan fingerprint density at radius 3 is 2.52 bits per heavy atom. The van der Waals surface area contributed by atoms with Crippen LogP contribution >= 0.6 is 11.6 Å². The lowest BCUT2D eigenvalue weighted by molar-refractivity contribution is -0.137. The summed E-state index contributed by atoms with van der Waals surface area (Å²) in [6.07, 6.45) is -5.40. The molecule has 0 aromatic heterocycles. The van der Waals surface area contributed by atoms with Crippen molar-refractivity contribution < 1.29 is 22.7 Å². The fourth-order valence-corrected chi connectivity index (χ4v) is 1.98. The SMILES string of the molecule is C[C@@H](Oc1ccccc1Cl)C(=O)Nc1cccc(C(F)(F)F)c1. The highest BCUT2D eigenvalue weighted by Crippen LogP contribution is 2.30. The first-order valence-electron chi connectivity index (χ1n) is 6.66. The Morgan fingerprint density at radius 1 is 1.17 bits per heavy atom. The van der Waals surface area contributed by atoms with E-state index in [2.05, 4.69) is 5.32 Å². The zero-order chi connectivity index (χ0) is 17.0. The van der Waals surface area contributed by atoms with E-state index in [-0.39, 0.29) is 5.69 Å². The Morgan fingerprint density at radius 2 is 1.87 bits per heavy atom. The van der Waals surface area contributed by atoms with Crippen molar-refractivity contribution >= 4 is 23.2 Å². The molecule has 2 aromatic rings. The number of anilines is 1. The number of carbonyl (C=O) groups is 1. The van der Waals surface area contributed by atoms with Crippen LogP contribution in [0.2, 0.25) is 5.02 Å². The summed E-state index contributed by atoms with van der Waals surface area (Å²) in [5.41, 5.74) is -0.797. The third-order valence-electron chi connectivity index (χ3n) is 2.97. The zero-order valence-electron chi connectivity index (χ0n) is 12.0. The van der Waals surface area contributed by atoms with Crippen LogP contribution in [0.25, 0.3) is 0 Å². The van der Waals surface area contributed by atoms with Crippen LogP contribution in [0.5, 0.6) is 5.75 Å². The highest BCUT2D eigenvalue weighted by molar-refractivity contribution is 6.32. The third kappa shape index (κ3) is 4.63. The monoisotopic (exact) mass is 343 g/mol. The average molecular weight is 344 g/mol. The van der Waals surface area contributed by atoms with E-state index in [1.165, 1.54) is 19.1 Å². The van der Waals surface area contributed by atoms with Gasteiger partial charge in [0.1, 0.15) is 5.75 Å². The van der Waals surface area contributed by atoms with E-state index in [1.807, 2.05) is 0 Å². The minimum atomic E-state index is -4.47. The van der Waals surface area contributed by atoms with Crippen molar-refractivity contribution in [3.63, 3.8) is 0 Å². The number of rotatable bonds is 4. The van der Waals surface area contributed by atoms with Crippen molar-refractivity contribution in [3.05, 3.63) is 59.1 Å². The van der Waals surface area contributed by atoms with Gasteiger partial charge >= 0.3 is 6.18 Å². The van der Waals surface area contributed by atoms with Crippen LogP contribution < -0.4 is 10.1 Å². The van der Waals surface area contributed by atoms with E-state index >= 15 is 0 Å². The number of alkyl halides is 3. The molecule has 0 aliphatic rings. The summed E-state index contributed by atoms with van der Waals surface area (Å²) in [5.74, 6) is -0.259. The van der Waals surface area contributed by atoms with E-state index in [9.17, 15) is 18.0 Å². The van der Waals surface area contributed by atoms with E-state index in [0.717, 1.165) is 12.1 Å². The van der Waals surface area contributed by atoms with Gasteiger partial charge in [0, 0.05) is 5.69 Å². The number of benzene rings is 2. The normalized spacial score (nSPS) is 12.6. The van der Waals surface area contributed by atoms with Gasteiger partial charge in [0.15, 0.2) is 6.10 Å². The second-order valence-corrected chi connectivity index (χ2v) is 5.17. The van der Waals surface area contributed by atoms with Gasteiger partial charge in [0.2, 0.25) is 0 Å². The van der Waals surface area contributed by atoms with Crippen LogP contribution in [0.15, 0.2) is 48.5 Å². The van der Waals surface area contributed by atoms with Gasteiger partial charge in [-0.15, -0.1) is 0 Å². The van der Waals surface area contributed by atoms with Gasteiger partial charge in [-0.3, -0.25) is 4.79 Å². The molecule has 1 N–H and O–H groups in total. The number of ether oxygens (including phenoxy) is 1. The summed E-state index contributed by atoms with van der Waals surface area (Å²) in [6.45, 7) is 1.48. The van der Waals surface area contributed by atoms with Crippen LogP contribution in [0.1, 0.15) is 12.5 Å². The molecule has 0 bridgehead atoms. The van der Waals surface area contributed by atoms with Crippen molar-refractivity contribution in [2.24, 2.45) is 0 Å². The van der Waals surface area contributed by atoms with Crippen molar-refractivity contribution in [1.29, 1.82) is 0 Å². The van der Waals surface area contributed by atoms with Crippen molar-refractivity contribution in [2.75, 3.05) is 5.32 Å². The number of halogens is 4. The minimum absolute atomic E-state index is 0.0411. The molecule has 0 spiro atoms. The first-order chi connectivity index (χ1) is 10.8. The van der Waals surface area contributed by atoms with Crippen LogP contribution in [-0.4, -0.2) is 12.0 Å². The number of hydrogen-bond donors (Lipinski definition) is 1. The van der Waals surface area contributed by atoms with Gasteiger partial charge in [-0.1, -0.05) is 29.8 Å². The van der Waals surface area contributed by atoms with Crippen LogP contribution in [0, 0.1) is 0 Å². The fraction of sp³-hybridized carbons (Fsp3) is 0.188. The molecule has 0 fully saturated rings. The maximum absolute atomic E-state index is 12.6. The Bertz CT molecular complexity index is 704. The summed E-state index contributed by atoms with van der Waals surface area (Å²) in [4.78, 5) is 12.0. The molecule has 0 aliphatic carbocycles. The summed E-state index contributed by atoms with van der Waals surface area (Å²) in [7, 11) is 0. The molecular weight excluding hydrogens is 331 g/mol. The molecule has 0 aliphatic heterocycles. The smallest absolute Gasteiger partial charge is 0.416 e.